The molecule has 4 unspecified atom stereocenters. The molecule has 2 aliphatic carbocycles. The second-order valence-electron chi connectivity index (χ2n) is 9.25. The minimum atomic E-state index is -0.722. The van der Waals surface area contributed by atoms with Crippen LogP contribution in [0.1, 0.15) is 85.5 Å². The van der Waals surface area contributed by atoms with Gasteiger partial charge in [0, 0.05) is 6.42 Å². The molecule has 0 bridgehead atoms. The summed E-state index contributed by atoms with van der Waals surface area (Å²) in [6.45, 7) is 7.65. The summed E-state index contributed by atoms with van der Waals surface area (Å²) in [6, 6.07) is 0. The van der Waals surface area contributed by atoms with Crippen LogP contribution in [0.5, 0.6) is 0 Å². The van der Waals surface area contributed by atoms with Gasteiger partial charge in [-0.25, -0.2) is 0 Å². The lowest BCUT2D eigenvalue weighted by Gasteiger charge is -2.38. The van der Waals surface area contributed by atoms with Crippen LogP contribution >= 0.6 is 0 Å². The van der Waals surface area contributed by atoms with E-state index in [1.54, 1.807) is 19.4 Å². The number of carbonyl (C=O) groups excluding carboxylic acids is 1. The fraction of sp³-hybridized carbons (Fsp3) is 0.750. The summed E-state index contributed by atoms with van der Waals surface area (Å²) in [4.78, 5) is 21.6. The Hall–Kier alpha value is -1.58. The van der Waals surface area contributed by atoms with Crippen LogP contribution in [0, 0.1) is 23.2 Å². The van der Waals surface area contributed by atoms with Crippen LogP contribution in [0.25, 0.3) is 0 Å². The Morgan fingerprint density at radius 3 is 2.61 bits per heavy atom. The zero-order valence-corrected chi connectivity index (χ0v) is 18.1. The summed E-state index contributed by atoms with van der Waals surface area (Å²) >= 11 is 0. The monoisotopic (exact) mass is 390 g/mol. The molecule has 0 aromatic carbocycles. The van der Waals surface area contributed by atoms with Gasteiger partial charge in [0.25, 0.3) is 0 Å². The number of fused-ring (bicyclic) bond motifs is 1. The fourth-order valence-electron chi connectivity index (χ4n) is 4.32. The first kappa shape index (κ1) is 22.7. The Kier molecular flexibility index (Phi) is 8.33. The molecule has 0 aromatic heterocycles. The topological polar surface area (TPSA) is 63.6 Å². The molecular weight excluding hydrogens is 352 g/mol. The summed E-state index contributed by atoms with van der Waals surface area (Å²) in [5.74, 6) is 1.45. The third kappa shape index (κ3) is 6.22. The van der Waals surface area contributed by atoms with Crippen molar-refractivity contribution >= 4 is 11.9 Å². The second kappa shape index (κ2) is 10.3. The number of carboxylic acids is 1. The van der Waals surface area contributed by atoms with Gasteiger partial charge in [0.2, 0.25) is 0 Å². The Bertz CT molecular complexity index is 602. The molecule has 0 spiro atoms. The van der Waals surface area contributed by atoms with E-state index in [1.807, 2.05) is 6.92 Å². The van der Waals surface area contributed by atoms with Crippen molar-refractivity contribution in [1.82, 2.24) is 0 Å². The van der Waals surface area contributed by atoms with Crippen molar-refractivity contribution in [3.63, 3.8) is 0 Å². The molecule has 0 amide bonds. The van der Waals surface area contributed by atoms with Crippen molar-refractivity contribution in [1.29, 1.82) is 0 Å². The van der Waals surface area contributed by atoms with E-state index in [2.05, 4.69) is 25.2 Å². The molecule has 0 radical (unpaired) electrons. The van der Waals surface area contributed by atoms with Gasteiger partial charge in [-0.2, -0.15) is 0 Å². The first-order valence-electron chi connectivity index (χ1n) is 11.1. The summed E-state index contributed by atoms with van der Waals surface area (Å²) < 4.78 is 5.48. The number of ether oxygens (including phenoxy) is 1. The Morgan fingerprint density at radius 1 is 1.25 bits per heavy atom. The van der Waals surface area contributed by atoms with Crippen LogP contribution < -0.4 is 0 Å². The van der Waals surface area contributed by atoms with Gasteiger partial charge in [0.05, 0.1) is 5.41 Å². The molecule has 0 aromatic rings. The van der Waals surface area contributed by atoms with E-state index in [9.17, 15) is 9.59 Å². The molecule has 1 N–H and O–H groups in total. The van der Waals surface area contributed by atoms with Gasteiger partial charge in [0.1, 0.15) is 6.10 Å². The number of allylic oxidation sites excluding steroid dienone is 4. The number of cyclic esters (lactones) is 1. The number of hydrogen-bond donors (Lipinski definition) is 1. The van der Waals surface area contributed by atoms with Gasteiger partial charge in [-0.15, -0.1) is 0 Å². The predicted molar refractivity (Wildman–Crippen MR) is 112 cm³/mol. The first-order chi connectivity index (χ1) is 13.2. The number of carbonyl (C=O) groups is 2. The van der Waals surface area contributed by atoms with Crippen LogP contribution in [-0.2, 0) is 14.3 Å². The van der Waals surface area contributed by atoms with Crippen LogP contribution in [-0.4, -0.2) is 23.1 Å². The minimum Gasteiger partial charge on any atom is -0.481 e. The van der Waals surface area contributed by atoms with E-state index in [0.717, 1.165) is 31.1 Å². The molecule has 1 fully saturated rings. The van der Waals surface area contributed by atoms with Gasteiger partial charge in [-0.3, -0.25) is 9.59 Å². The maximum absolute atomic E-state index is 11.4. The Balaban J connectivity index is 0.000000300. The third-order valence-corrected chi connectivity index (χ3v) is 6.80. The first-order valence-corrected chi connectivity index (χ1v) is 11.1. The van der Waals surface area contributed by atoms with Crippen molar-refractivity contribution in [2.75, 3.05) is 0 Å². The van der Waals surface area contributed by atoms with E-state index in [1.165, 1.54) is 25.7 Å². The van der Waals surface area contributed by atoms with E-state index in [-0.39, 0.29) is 12.1 Å². The molecule has 4 atom stereocenters. The molecule has 4 heteroatoms. The fourth-order valence-corrected chi connectivity index (χ4v) is 4.32. The molecule has 158 valence electrons. The summed E-state index contributed by atoms with van der Waals surface area (Å²) in [5.41, 5.74) is 1.03. The summed E-state index contributed by atoms with van der Waals surface area (Å²) in [6.07, 6.45) is 16.9. The van der Waals surface area contributed by atoms with Crippen molar-refractivity contribution in [2.45, 2.75) is 91.6 Å². The lowest BCUT2D eigenvalue weighted by molar-refractivity contribution is -0.154. The number of rotatable bonds is 5. The summed E-state index contributed by atoms with van der Waals surface area (Å²) in [5, 5.41) is 8.44. The van der Waals surface area contributed by atoms with E-state index >= 15 is 0 Å². The highest BCUT2D eigenvalue weighted by atomic mass is 16.5. The standard InChI is InChI=1S/C18H26O2.C6H12O2/c1-13-9-10-14-5-2-3-7-17(14)16(13)12-11-15-6-4-8-18(19)20-15;1-4-6(2,3)5(7)8/h5,9-10,13,15-17H,2-4,6-8,11-12H2,1H3;4H2,1-3H3,(H,7,8). The maximum Gasteiger partial charge on any atom is 0.309 e. The van der Waals surface area contributed by atoms with Crippen LogP contribution in [0.3, 0.4) is 0 Å². The van der Waals surface area contributed by atoms with Crippen LogP contribution in [0.15, 0.2) is 23.8 Å². The average Bonchev–Trinajstić information content (AvgIpc) is 2.67. The summed E-state index contributed by atoms with van der Waals surface area (Å²) in [7, 11) is 0. The molecule has 1 heterocycles. The maximum atomic E-state index is 11.4. The second-order valence-corrected chi connectivity index (χ2v) is 9.25. The molecular formula is C24H38O4. The number of aliphatic carboxylic acids is 1. The molecule has 0 saturated carbocycles. The molecule has 28 heavy (non-hydrogen) atoms. The molecule has 3 rings (SSSR count). The lowest BCUT2D eigenvalue weighted by Crippen LogP contribution is -2.30. The van der Waals surface area contributed by atoms with E-state index < -0.39 is 11.4 Å². The van der Waals surface area contributed by atoms with Crippen molar-refractivity contribution in [2.24, 2.45) is 23.2 Å². The highest BCUT2D eigenvalue weighted by Crippen LogP contribution is 2.42. The van der Waals surface area contributed by atoms with Crippen molar-refractivity contribution in [3.8, 4) is 0 Å². The average molecular weight is 391 g/mol. The number of esters is 1. The zero-order valence-electron chi connectivity index (χ0n) is 18.1. The zero-order chi connectivity index (χ0) is 20.7. The van der Waals surface area contributed by atoms with Crippen molar-refractivity contribution in [3.05, 3.63) is 23.8 Å². The number of carboxylic acid groups (broad SMARTS) is 1. The van der Waals surface area contributed by atoms with Gasteiger partial charge >= 0.3 is 11.9 Å². The highest BCUT2D eigenvalue weighted by Gasteiger charge is 2.32. The van der Waals surface area contributed by atoms with E-state index in [0.29, 0.717) is 18.8 Å². The van der Waals surface area contributed by atoms with Gasteiger partial charge in [0.15, 0.2) is 0 Å². The Labute approximate surface area is 170 Å². The largest absolute Gasteiger partial charge is 0.481 e. The molecule has 4 nitrogen and oxygen atoms in total. The predicted octanol–water partition coefficient (Wildman–Crippen LogP) is 5.92. The Morgan fingerprint density at radius 2 is 2.00 bits per heavy atom. The number of hydrogen-bond acceptors (Lipinski definition) is 3. The third-order valence-electron chi connectivity index (χ3n) is 6.80. The van der Waals surface area contributed by atoms with Gasteiger partial charge in [-0.1, -0.05) is 32.1 Å². The molecule has 1 saturated heterocycles. The normalized spacial score (nSPS) is 29.7. The van der Waals surface area contributed by atoms with Gasteiger partial charge < -0.3 is 9.84 Å². The van der Waals surface area contributed by atoms with Crippen molar-refractivity contribution < 1.29 is 19.4 Å². The van der Waals surface area contributed by atoms with Gasteiger partial charge in [-0.05, 0) is 88.5 Å². The smallest absolute Gasteiger partial charge is 0.309 e. The quantitative estimate of drug-likeness (QED) is 0.592. The SMILES string of the molecule is CC1C=CC2=CCCCC2C1CCC1CCCC(=O)O1.CCC(C)(C)C(=O)O. The molecule has 1 aliphatic heterocycles. The van der Waals surface area contributed by atoms with E-state index in [4.69, 9.17) is 9.84 Å². The highest BCUT2D eigenvalue weighted by molar-refractivity contribution is 5.73. The van der Waals surface area contributed by atoms with Crippen LogP contribution in [0.4, 0.5) is 0 Å². The minimum absolute atomic E-state index is 0.0103. The lowest BCUT2D eigenvalue weighted by atomic mass is 9.68. The van der Waals surface area contributed by atoms with Crippen LogP contribution in [0.2, 0.25) is 0 Å². The molecule has 3 aliphatic rings.